The molecule has 0 spiro atoms. The number of piperazine rings is 1. The van der Waals surface area contributed by atoms with Crippen LogP contribution in [0.25, 0.3) is 0 Å². The zero-order valence-corrected chi connectivity index (χ0v) is 16.7. The molecule has 0 saturated carbocycles. The lowest BCUT2D eigenvalue weighted by Crippen LogP contribution is -2.64. The maximum absolute atomic E-state index is 13.5. The zero-order chi connectivity index (χ0) is 18.7. The number of rotatable bonds is 6. The summed E-state index contributed by atoms with van der Waals surface area (Å²) in [5.41, 5.74) is 2.30. The number of nitrogens with zero attached hydrogens (tertiary/aromatic N) is 2. The molecule has 27 heavy (non-hydrogen) atoms. The molecule has 0 radical (unpaired) electrons. The van der Waals surface area contributed by atoms with Gasteiger partial charge in [0.25, 0.3) is 0 Å². The lowest BCUT2D eigenvalue weighted by atomic mass is 9.90. The number of hydrogen-bond acceptors (Lipinski definition) is 4. The Hall–Kier alpha value is -1.43. The Morgan fingerprint density at radius 2 is 1.89 bits per heavy atom. The van der Waals surface area contributed by atoms with E-state index in [4.69, 9.17) is 0 Å². The quantitative estimate of drug-likeness (QED) is 0.795. The molecule has 2 heterocycles. The normalized spacial score (nSPS) is 25.4. The monoisotopic (exact) mass is 370 g/mol. The van der Waals surface area contributed by atoms with Crippen molar-refractivity contribution in [2.75, 3.05) is 45.8 Å². The third-order valence-corrected chi connectivity index (χ3v) is 6.87. The highest BCUT2D eigenvalue weighted by Gasteiger charge is 2.48. The Balaban J connectivity index is 1.46. The first-order chi connectivity index (χ1) is 13.2. The largest absolute Gasteiger partial charge is 0.354 e. The molecule has 1 atom stereocenters. The van der Waals surface area contributed by atoms with Crippen molar-refractivity contribution < 1.29 is 4.79 Å². The summed E-state index contributed by atoms with van der Waals surface area (Å²) in [5, 5.41) is 6.85. The minimum absolute atomic E-state index is 0.238. The van der Waals surface area contributed by atoms with Crippen LogP contribution < -0.4 is 10.6 Å². The molecular weight excluding hydrogens is 336 g/mol. The summed E-state index contributed by atoms with van der Waals surface area (Å²) in [6.45, 7) is 9.33. The van der Waals surface area contributed by atoms with Crippen molar-refractivity contribution in [3.63, 3.8) is 0 Å². The van der Waals surface area contributed by atoms with E-state index in [2.05, 4.69) is 51.6 Å². The molecule has 1 aromatic carbocycles. The average molecular weight is 371 g/mol. The van der Waals surface area contributed by atoms with E-state index in [0.29, 0.717) is 6.04 Å². The van der Waals surface area contributed by atoms with Gasteiger partial charge in [-0.1, -0.05) is 31.2 Å². The molecule has 3 aliphatic rings. The molecule has 0 unspecified atom stereocenters. The number of benzene rings is 1. The van der Waals surface area contributed by atoms with Gasteiger partial charge < -0.3 is 15.5 Å². The predicted octanol–water partition coefficient (Wildman–Crippen LogP) is 1.42. The molecule has 2 saturated heterocycles. The Morgan fingerprint density at radius 3 is 2.48 bits per heavy atom. The number of nitrogens with one attached hydrogen (secondary N) is 2. The fourth-order valence-electron chi connectivity index (χ4n) is 5.14. The summed E-state index contributed by atoms with van der Waals surface area (Å²) < 4.78 is 0. The van der Waals surface area contributed by atoms with Crippen LogP contribution in [-0.4, -0.2) is 73.1 Å². The first-order valence-corrected chi connectivity index (χ1v) is 10.8. The van der Waals surface area contributed by atoms with Gasteiger partial charge in [-0.2, -0.15) is 0 Å². The van der Waals surface area contributed by atoms with E-state index in [1.165, 1.54) is 24.0 Å². The minimum atomic E-state index is -0.396. The smallest absolute Gasteiger partial charge is 0.241 e. The van der Waals surface area contributed by atoms with Crippen LogP contribution in [0.1, 0.15) is 37.3 Å². The van der Waals surface area contributed by atoms with Crippen molar-refractivity contribution >= 4 is 5.91 Å². The standard InChI is InChI=1S/C22H34N4O/c1-2-25-12-14-26(15-13-25)22(16-18-6-3-4-7-19(18)17-22)21(27)24-11-9-20-8-5-10-23-20/h3-4,6-7,20,23H,2,5,8-17H2,1H3,(H,24,27)/t20-/m1/s1. The summed E-state index contributed by atoms with van der Waals surface area (Å²) >= 11 is 0. The molecule has 1 aliphatic carbocycles. The molecule has 4 rings (SSSR count). The maximum atomic E-state index is 13.5. The van der Waals surface area contributed by atoms with E-state index >= 15 is 0 Å². The third kappa shape index (κ3) is 3.91. The third-order valence-electron chi connectivity index (χ3n) is 6.87. The van der Waals surface area contributed by atoms with E-state index in [1.807, 2.05) is 0 Å². The van der Waals surface area contributed by atoms with E-state index in [0.717, 1.165) is 65.1 Å². The van der Waals surface area contributed by atoms with Gasteiger partial charge in [0.15, 0.2) is 0 Å². The van der Waals surface area contributed by atoms with E-state index in [1.54, 1.807) is 0 Å². The topological polar surface area (TPSA) is 47.6 Å². The Bertz CT molecular complexity index is 622. The lowest BCUT2D eigenvalue weighted by molar-refractivity contribution is -0.134. The van der Waals surface area contributed by atoms with Gasteiger partial charge in [0.2, 0.25) is 5.91 Å². The Morgan fingerprint density at radius 1 is 1.19 bits per heavy atom. The second kappa shape index (κ2) is 8.29. The van der Waals surface area contributed by atoms with Gasteiger partial charge >= 0.3 is 0 Å². The molecule has 5 nitrogen and oxygen atoms in total. The van der Waals surface area contributed by atoms with Crippen LogP contribution >= 0.6 is 0 Å². The number of amides is 1. The number of hydrogen-bond donors (Lipinski definition) is 2. The Kier molecular flexibility index (Phi) is 5.81. The highest BCUT2D eigenvalue weighted by molar-refractivity contribution is 5.88. The van der Waals surface area contributed by atoms with Crippen molar-refractivity contribution in [1.29, 1.82) is 0 Å². The van der Waals surface area contributed by atoms with Gasteiger partial charge in [0.05, 0.1) is 0 Å². The molecular formula is C22H34N4O. The molecule has 2 fully saturated rings. The molecule has 2 N–H and O–H groups in total. The molecule has 1 aromatic rings. The highest BCUT2D eigenvalue weighted by atomic mass is 16.2. The molecule has 148 valence electrons. The van der Waals surface area contributed by atoms with Gasteiger partial charge in [0, 0.05) is 51.6 Å². The second-order valence-corrected chi connectivity index (χ2v) is 8.41. The van der Waals surface area contributed by atoms with Crippen molar-refractivity contribution in [3.05, 3.63) is 35.4 Å². The summed E-state index contributed by atoms with van der Waals surface area (Å²) in [4.78, 5) is 18.4. The first-order valence-electron chi connectivity index (χ1n) is 10.8. The Labute approximate surface area is 163 Å². The SMILES string of the molecule is CCN1CCN(C2(C(=O)NCC[C@H]3CCCN3)Cc3ccccc3C2)CC1. The van der Waals surface area contributed by atoms with Crippen molar-refractivity contribution in [1.82, 2.24) is 20.4 Å². The van der Waals surface area contributed by atoms with Crippen LogP contribution in [0, 0.1) is 0 Å². The number of carbonyl (C=O) groups excluding carboxylic acids is 1. The molecule has 0 bridgehead atoms. The van der Waals surface area contributed by atoms with Crippen LogP contribution in [0.3, 0.4) is 0 Å². The fraction of sp³-hybridized carbons (Fsp3) is 0.682. The van der Waals surface area contributed by atoms with Crippen LogP contribution in [0.4, 0.5) is 0 Å². The van der Waals surface area contributed by atoms with Crippen molar-refractivity contribution in [3.8, 4) is 0 Å². The molecule has 2 aliphatic heterocycles. The number of fused-ring (bicyclic) bond motifs is 1. The number of likely N-dealkylation sites (N-methyl/N-ethyl adjacent to an activating group) is 1. The lowest BCUT2D eigenvalue weighted by Gasteiger charge is -2.44. The second-order valence-electron chi connectivity index (χ2n) is 8.41. The van der Waals surface area contributed by atoms with Gasteiger partial charge in [0.1, 0.15) is 5.54 Å². The van der Waals surface area contributed by atoms with Crippen molar-refractivity contribution in [2.45, 2.75) is 50.6 Å². The van der Waals surface area contributed by atoms with Gasteiger partial charge in [-0.3, -0.25) is 9.69 Å². The number of carbonyl (C=O) groups is 1. The summed E-state index contributed by atoms with van der Waals surface area (Å²) in [7, 11) is 0. The summed E-state index contributed by atoms with van der Waals surface area (Å²) in [6.07, 6.45) is 5.25. The van der Waals surface area contributed by atoms with Gasteiger partial charge in [-0.15, -0.1) is 0 Å². The molecule has 1 amide bonds. The minimum Gasteiger partial charge on any atom is -0.354 e. The van der Waals surface area contributed by atoms with Gasteiger partial charge in [-0.05, 0) is 43.5 Å². The van der Waals surface area contributed by atoms with E-state index in [9.17, 15) is 4.79 Å². The van der Waals surface area contributed by atoms with E-state index in [-0.39, 0.29) is 5.91 Å². The average Bonchev–Trinajstić information content (AvgIpc) is 3.36. The summed E-state index contributed by atoms with van der Waals surface area (Å²) in [6, 6.07) is 9.20. The van der Waals surface area contributed by atoms with E-state index < -0.39 is 5.54 Å². The fourth-order valence-corrected chi connectivity index (χ4v) is 5.14. The molecule has 0 aromatic heterocycles. The molecule has 5 heteroatoms. The summed E-state index contributed by atoms with van der Waals surface area (Å²) in [5.74, 6) is 0.238. The van der Waals surface area contributed by atoms with Crippen molar-refractivity contribution in [2.24, 2.45) is 0 Å². The predicted molar refractivity (Wildman–Crippen MR) is 109 cm³/mol. The van der Waals surface area contributed by atoms with Crippen LogP contribution in [0.5, 0.6) is 0 Å². The van der Waals surface area contributed by atoms with Crippen LogP contribution in [-0.2, 0) is 17.6 Å². The van der Waals surface area contributed by atoms with Crippen LogP contribution in [0.2, 0.25) is 0 Å². The zero-order valence-electron chi connectivity index (χ0n) is 16.7. The van der Waals surface area contributed by atoms with Crippen LogP contribution in [0.15, 0.2) is 24.3 Å². The van der Waals surface area contributed by atoms with Gasteiger partial charge in [-0.25, -0.2) is 0 Å². The first kappa shape index (κ1) is 18.9. The maximum Gasteiger partial charge on any atom is 0.241 e. The highest BCUT2D eigenvalue weighted by Crippen LogP contribution is 2.35.